The molecule has 0 aromatic rings. The van der Waals surface area contributed by atoms with Crippen molar-refractivity contribution in [1.29, 1.82) is 0 Å². The van der Waals surface area contributed by atoms with Crippen LogP contribution in [-0.4, -0.2) is 5.78 Å². The molecule has 2 rings (SSSR count). The van der Waals surface area contributed by atoms with Gasteiger partial charge in [-0.25, -0.2) is 0 Å². The number of ketones is 1. The van der Waals surface area contributed by atoms with Crippen LogP contribution in [0.25, 0.3) is 0 Å². The highest BCUT2D eigenvalue weighted by atomic mass is 16.1. The van der Waals surface area contributed by atoms with Crippen LogP contribution in [0.1, 0.15) is 58.3 Å². The lowest BCUT2D eigenvalue weighted by atomic mass is 9.84. The Hall–Kier alpha value is -0.590. The molecule has 0 bridgehead atoms. The van der Waals surface area contributed by atoms with Crippen molar-refractivity contribution in [3.8, 4) is 0 Å². The van der Waals surface area contributed by atoms with E-state index in [2.05, 4.69) is 6.92 Å². The second-order valence-corrected chi connectivity index (χ2v) is 5.05. The fourth-order valence-corrected chi connectivity index (χ4v) is 3.21. The van der Waals surface area contributed by atoms with E-state index in [1.165, 1.54) is 50.5 Å². The molecular weight excluding hydrogens is 184 g/mol. The van der Waals surface area contributed by atoms with E-state index in [1.54, 1.807) is 0 Å². The summed E-state index contributed by atoms with van der Waals surface area (Å²) in [5.41, 5.74) is 1.48. The molecule has 0 saturated heterocycles. The molecule has 15 heavy (non-hydrogen) atoms. The van der Waals surface area contributed by atoms with E-state index in [9.17, 15) is 4.79 Å². The Kier molecular flexibility index (Phi) is 3.61. The first-order valence-electron chi connectivity index (χ1n) is 6.57. The van der Waals surface area contributed by atoms with E-state index in [0.717, 1.165) is 6.42 Å². The van der Waals surface area contributed by atoms with Crippen LogP contribution in [0.4, 0.5) is 0 Å². The van der Waals surface area contributed by atoms with Gasteiger partial charge in [0.25, 0.3) is 0 Å². The molecule has 0 spiro atoms. The Labute approximate surface area is 92.9 Å². The predicted octanol–water partition coefficient (Wildman–Crippen LogP) is 3.88. The van der Waals surface area contributed by atoms with E-state index in [0.29, 0.717) is 17.6 Å². The summed E-state index contributed by atoms with van der Waals surface area (Å²) in [5.74, 6) is 1.36. The number of allylic oxidation sites excluding steroid dienone is 2. The van der Waals surface area contributed by atoms with Gasteiger partial charge in [0.15, 0.2) is 5.78 Å². The quantitative estimate of drug-likeness (QED) is 0.636. The van der Waals surface area contributed by atoms with Crippen LogP contribution < -0.4 is 0 Å². The van der Waals surface area contributed by atoms with Gasteiger partial charge in [0.05, 0.1) is 0 Å². The topological polar surface area (TPSA) is 17.1 Å². The van der Waals surface area contributed by atoms with E-state index < -0.39 is 0 Å². The average molecular weight is 206 g/mol. The summed E-state index contributed by atoms with van der Waals surface area (Å²) in [6.45, 7) is 2.16. The molecule has 2 atom stereocenters. The first kappa shape index (κ1) is 10.9. The molecule has 84 valence electrons. The largest absolute Gasteiger partial charge is 0.295 e. The van der Waals surface area contributed by atoms with Gasteiger partial charge in [-0.1, -0.05) is 38.2 Å². The Balaban J connectivity index is 2.10. The average Bonchev–Trinajstić information content (AvgIpc) is 2.56. The third-order valence-electron chi connectivity index (χ3n) is 4.08. The fourth-order valence-electron chi connectivity index (χ4n) is 3.21. The minimum Gasteiger partial charge on any atom is -0.295 e. The van der Waals surface area contributed by atoms with Gasteiger partial charge in [-0.3, -0.25) is 4.79 Å². The van der Waals surface area contributed by atoms with Crippen LogP contribution in [0.15, 0.2) is 11.6 Å². The summed E-state index contributed by atoms with van der Waals surface area (Å²) in [7, 11) is 0. The van der Waals surface area contributed by atoms with Gasteiger partial charge in [0.2, 0.25) is 0 Å². The Morgan fingerprint density at radius 1 is 1.20 bits per heavy atom. The second-order valence-electron chi connectivity index (χ2n) is 5.05. The molecule has 0 amide bonds. The zero-order chi connectivity index (χ0) is 10.7. The van der Waals surface area contributed by atoms with E-state index >= 15 is 0 Å². The van der Waals surface area contributed by atoms with E-state index in [-0.39, 0.29) is 0 Å². The molecule has 2 aliphatic rings. The van der Waals surface area contributed by atoms with Crippen LogP contribution in [0.5, 0.6) is 0 Å². The van der Waals surface area contributed by atoms with Crippen molar-refractivity contribution in [2.24, 2.45) is 11.8 Å². The third-order valence-corrected chi connectivity index (χ3v) is 4.08. The van der Waals surface area contributed by atoms with Gasteiger partial charge in [0.1, 0.15) is 0 Å². The summed E-state index contributed by atoms with van der Waals surface area (Å²) in [6, 6.07) is 0. The molecule has 0 radical (unpaired) electrons. The van der Waals surface area contributed by atoms with Crippen molar-refractivity contribution in [3.05, 3.63) is 11.6 Å². The SMILES string of the molecule is CCC1C(=O)C=C2CCCCCCCC21. The highest BCUT2D eigenvalue weighted by Gasteiger charge is 2.33. The summed E-state index contributed by atoms with van der Waals surface area (Å²) >= 11 is 0. The normalized spacial score (nSPS) is 32.6. The summed E-state index contributed by atoms with van der Waals surface area (Å²) < 4.78 is 0. The van der Waals surface area contributed by atoms with Gasteiger partial charge >= 0.3 is 0 Å². The molecule has 0 N–H and O–H groups in total. The molecule has 1 fully saturated rings. The van der Waals surface area contributed by atoms with Crippen molar-refractivity contribution < 1.29 is 4.79 Å². The van der Waals surface area contributed by atoms with Crippen molar-refractivity contribution in [3.63, 3.8) is 0 Å². The van der Waals surface area contributed by atoms with Crippen molar-refractivity contribution >= 4 is 5.78 Å². The van der Waals surface area contributed by atoms with E-state index in [4.69, 9.17) is 0 Å². The zero-order valence-corrected chi connectivity index (χ0v) is 9.80. The summed E-state index contributed by atoms with van der Waals surface area (Å²) in [5, 5.41) is 0. The number of fused-ring (bicyclic) bond motifs is 1. The monoisotopic (exact) mass is 206 g/mol. The minimum atomic E-state index is 0.332. The van der Waals surface area contributed by atoms with Crippen LogP contribution in [0.2, 0.25) is 0 Å². The van der Waals surface area contributed by atoms with Crippen molar-refractivity contribution in [2.75, 3.05) is 0 Å². The van der Waals surface area contributed by atoms with Crippen molar-refractivity contribution in [1.82, 2.24) is 0 Å². The second kappa shape index (κ2) is 4.96. The molecule has 1 heteroatoms. The van der Waals surface area contributed by atoms with Gasteiger partial charge in [0, 0.05) is 5.92 Å². The maximum absolute atomic E-state index is 11.8. The maximum atomic E-state index is 11.8. The minimum absolute atomic E-state index is 0.332. The molecule has 1 nitrogen and oxygen atoms in total. The highest BCUT2D eigenvalue weighted by molar-refractivity contribution is 5.95. The first-order valence-corrected chi connectivity index (χ1v) is 6.57. The third kappa shape index (κ3) is 2.32. The number of rotatable bonds is 1. The first-order chi connectivity index (χ1) is 7.33. The maximum Gasteiger partial charge on any atom is 0.159 e. The van der Waals surface area contributed by atoms with Gasteiger partial charge < -0.3 is 0 Å². The lowest BCUT2D eigenvalue weighted by molar-refractivity contribution is -0.118. The lowest BCUT2D eigenvalue weighted by Gasteiger charge is -2.20. The summed E-state index contributed by atoms with van der Waals surface area (Å²) in [6.07, 6.45) is 12.2. The molecule has 0 aromatic heterocycles. The molecule has 1 saturated carbocycles. The van der Waals surface area contributed by atoms with Gasteiger partial charge in [-0.05, 0) is 37.7 Å². The Morgan fingerprint density at radius 3 is 2.73 bits per heavy atom. The van der Waals surface area contributed by atoms with Gasteiger partial charge in [-0.15, -0.1) is 0 Å². The van der Waals surface area contributed by atoms with Crippen LogP contribution in [0.3, 0.4) is 0 Å². The van der Waals surface area contributed by atoms with Gasteiger partial charge in [-0.2, -0.15) is 0 Å². The molecule has 0 heterocycles. The van der Waals surface area contributed by atoms with Crippen LogP contribution in [-0.2, 0) is 4.79 Å². The predicted molar refractivity (Wildman–Crippen MR) is 62.7 cm³/mol. The molecule has 2 unspecified atom stereocenters. The number of hydrogen-bond acceptors (Lipinski definition) is 1. The highest BCUT2D eigenvalue weighted by Crippen LogP contribution is 2.39. The van der Waals surface area contributed by atoms with Crippen molar-refractivity contribution in [2.45, 2.75) is 58.3 Å². The lowest BCUT2D eigenvalue weighted by Crippen LogP contribution is -2.16. The molecule has 0 aliphatic heterocycles. The molecule has 0 aromatic carbocycles. The number of hydrogen-bond donors (Lipinski definition) is 0. The van der Waals surface area contributed by atoms with E-state index in [1.807, 2.05) is 6.08 Å². The standard InChI is InChI=1S/C14H22O/c1-2-12-13-9-7-5-3-4-6-8-11(13)10-14(12)15/h10,12-13H,2-9H2,1H3. The smallest absolute Gasteiger partial charge is 0.159 e. The fraction of sp³-hybridized carbons (Fsp3) is 0.786. The number of carbonyl (C=O) groups excluding carboxylic acids is 1. The molecular formula is C14H22O. The Bertz CT molecular complexity index is 265. The number of carbonyl (C=O) groups is 1. The zero-order valence-electron chi connectivity index (χ0n) is 9.80. The van der Waals surface area contributed by atoms with Crippen LogP contribution in [0, 0.1) is 11.8 Å². The Morgan fingerprint density at radius 2 is 1.93 bits per heavy atom. The molecule has 2 aliphatic carbocycles. The van der Waals surface area contributed by atoms with Crippen LogP contribution >= 0.6 is 0 Å². The summed E-state index contributed by atoms with van der Waals surface area (Å²) in [4.78, 5) is 11.8.